The molecule has 2 amide bonds. The number of amides is 2. The van der Waals surface area contributed by atoms with Gasteiger partial charge in [-0.15, -0.1) is 0 Å². The Morgan fingerprint density at radius 2 is 1.70 bits per heavy atom. The summed E-state index contributed by atoms with van der Waals surface area (Å²) in [5.74, 6) is -1.37. The SMILES string of the molecule is CC(C)(C)OC(=O)N1CC(c2cc(F)cc(F)c2)NC(=O)C1CC1CCCCCC1. The maximum Gasteiger partial charge on any atom is 0.411 e. The Balaban J connectivity index is 1.84. The molecule has 7 heteroatoms. The predicted molar refractivity (Wildman–Crippen MR) is 110 cm³/mol. The van der Waals surface area contributed by atoms with E-state index in [4.69, 9.17) is 4.74 Å². The van der Waals surface area contributed by atoms with Crippen LogP contribution < -0.4 is 5.32 Å². The zero-order valence-electron chi connectivity index (χ0n) is 18.0. The molecular formula is C23H32F2N2O3. The average Bonchev–Trinajstić information content (AvgIpc) is 2.89. The molecule has 0 bridgehead atoms. The predicted octanol–water partition coefficient (Wildman–Crippen LogP) is 5.10. The lowest BCUT2D eigenvalue weighted by Gasteiger charge is -2.41. The smallest absolute Gasteiger partial charge is 0.411 e. The van der Waals surface area contributed by atoms with E-state index in [0.29, 0.717) is 17.9 Å². The minimum Gasteiger partial charge on any atom is -0.444 e. The molecule has 1 aliphatic carbocycles. The third-order valence-corrected chi connectivity index (χ3v) is 5.82. The van der Waals surface area contributed by atoms with E-state index in [1.165, 1.54) is 29.9 Å². The van der Waals surface area contributed by atoms with Crippen molar-refractivity contribution in [3.8, 4) is 0 Å². The number of piperazine rings is 1. The molecular weight excluding hydrogens is 390 g/mol. The van der Waals surface area contributed by atoms with Crippen LogP contribution in [0.4, 0.5) is 13.6 Å². The van der Waals surface area contributed by atoms with Crippen molar-refractivity contribution in [2.75, 3.05) is 6.54 Å². The number of ether oxygens (including phenoxy) is 1. The number of hydrogen-bond donors (Lipinski definition) is 1. The van der Waals surface area contributed by atoms with Crippen LogP contribution in [0.25, 0.3) is 0 Å². The molecule has 2 aliphatic rings. The van der Waals surface area contributed by atoms with Crippen LogP contribution in [0.3, 0.4) is 0 Å². The lowest BCUT2D eigenvalue weighted by molar-refractivity contribution is -0.131. The Morgan fingerprint density at radius 3 is 2.27 bits per heavy atom. The van der Waals surface area contributed by atoms with Gasteiger partial charge < -0.3 is 10.1 Å². The molecule has 1 aromatic rings. The number of nitrogens with one attached hydrogen (secondary N) is 1. The van der Waals surface area contributed by atoms with Crippen LogP contribution in [0, 0.1) is 17.6 Å². The van der Waals surface area contributed by atoms with Gasteiger partial charge in [0.15, 0.2) is 0 Å². The lowest BCUT2D eigenvalue weighted by atomic mass is 9.89. The van der Waals surface area contributed by atoms with Crippen molar-refractivity contribution in [1.29, 1.82) is 0 Å². The molecule has 2 fully saturated rings. The van der Waals surface area contributed by atoms with Gasteiger partial charge in [-0.05, 0) is 50.8 Å². The molecule has 1 saturated heterocycles. The summed E-state index contributed by atoms with van der Waals surface area (Å²) >= 11 is 0. The fourth-order valence-electron chi connectivity index (χ4n) is 4.42. The zero-order chi connectivity index (χ0) is 21.9. The highest BCUT2D eigenvalue weighted by molar-refractivity contribution is 5.87. The molecule has 166 valence electrons. The zero-order valence-corrected chi connectivity index (χ0v) is 18.0. The Hall–Kier alpha value is -2.18. The maximum absolute atomic E-state index is 13.7. The molecule has 30 heavy (non-hydrogen) atoms. The third kappa shape index (κ3) is 5.92. The number of carbonyl (C=O) groups excluding carboxylic acids is 2. The third-order valence-electron chi connectivity index (χ3n) is 5.82. The van der Waals surface area contributed by atoms with Crippen molar-refractivity contribution in [3.63, 3.8) is 0 Å². The van der Waals surface area contributed by atoms with Crippen molar-refractivity contribution < 1.29 is 23.1 Å². The van der Waals surface area contributed by atoms with E-state index < -0.39 is 35.4 Å². The van der Waals surface area contributed by atoms with Gasteiger partial charge in [0.05, 0.1) is 6.04 Å². The molecule has 0 spiro atoms. The van der Waals surface area contributed by atoms with Crippen molar-refractivity contribution >= 4 is 12.0 Å². The highest BCUT2D eigenvalue weighted by Crippen LogP contribution is 2.31. The van der Waals surface area contributed by atoms with Crippen molar-refractivity contribution in [2.24, 2.45) is 5.92 Å². The van der Waals surface area contributed by atoms with Crippen molar-refractivity contribution in [2.45, 2.75) is 83.4 Å². The average molecular weight is 423 g/mol. The first-order valence-electron chi connectivity index (χ1n) is 10.9. The molecule has 1 heterocycles. The molecule has 0 aromatic heterocycles. The van der Waals surface area contributed by atoms with E-state index in [-0.39, 0.29) is 12.5 Å². The molecule has 2 unspecified atom stereocenters. The van der Waals surface area contributed by atoms with Crippen LogP contribution >= 0.6 is 0 Å². The van der Waals surface area contributed by atoms with E-state index in [1.54, 1.807) is 20.8 Å². The highest BCUT2D eigenvalue weighted by Gasteiger charge is 2.41. The van der Waals surface area contributed by atoms with Gasteiger partial charge in [-0.3, -0.25) is 9.69 Å². The Kier molecular flexibility index (Phi) is 6.98. The first kappa shape index (κ1) is 22.5. The summed E-state index contributed by atoms with van der Waals surface area (Å²) in [5.41, 5.74) is -0.416. The molecule has 5 nitrogen and oxygen atoms in total. The molecule has 1 N–H and O–H groups in total. The van der Waals surface area contributed by atoms with Gasteiger partial charge in [-0.2, -0.15) is 0 Å². The van der Waals surface area contributed by atoms with Crippen LogP contribution in [0.2, 0.25) is 0 Å². The van der Waals surface area contributed by atoms with Gasteiger partial charge >= 0.3 is 6.09 Å². The number of halogens is 2. The Labute approximate surface area is 177 Å². The number of rotatable bonds is 3. The van der Waals surface area contributed by atoms with Crippen LogP contribution in [0.5, 0.6) is 0 Å². The molecule has 3 rings (SSSR count). The van der Waals surface area contributed by atoms with E-state index in [0.717, 1.165) is 31.7 Å². The highest BCUT2D eigenvalue weighted by atomic mass is 19.1. The van der Waals surface area contributed by atoms with E-state index >= 15 is 0 Å². The lowest BCUT2D eigenvalue weighted by Crippen LogP contribution is -2.59. The summed E-state index contributed by atoms with van der Waals surface area (Å²) < 4.78 is 33.0. The summed E-state index contributed by atoms with van der Waals surface area (Å²) in [7, 11) is 0. The maximum atomic E-state index is 13.7. The summed E-state index contributed by atoms with van der Waals surface area (Å²) in [5, 5.41) is 2.87. The van der Waals surface area contributed by atoms with Gasteiger partial charge in [-0.25, -0.2) is 13.6 Å². The first-order chi connectivity index (χ1) is 14.1. The normalized spacial score (nSPS) is 23.6. The summed E-state index contributed by atoms with van der Waals surface area (Å²) in [4.78, 5) is 27.5. The Morgan fingerprint density at radius 1 is 1.10 bits per heavy atom. The van der Waals surface area contributed by atoms with Gasteiger partial charge in [0.2, 0.25) is 5.91 Å². The largest absolute Gasteiger partial charge is 0.444 e. The number of carbonyl (C=O) groups is 2. The number of hydrogen-bond acceptors (Lipinski definition) is 3. The van der Waals surface area contributed by atoms with Crippen LogP contribution in [0.15, 0.2) is 18.2 Å². The van der Waals surface area contributed by atoms with Gasteiger partial charge in [-0.1, -0.05) is 38.5 Å². The second-order valence-corrected chi connectivity index (χ2v) is 9.51. The number of nitrogens with zero attached hydrogens (tertiary/aromatic N) is 1. The molecule has 2 atom stereocenters. The van der Waals surface area contributed by atoms with Crippen molar-refractivity contribution in [3.05, 3.63) is 35.4 Å². The van der Waals surface area contributed by atoms with Crippen LogP contribution in [-0.4, -0.2) is 35.1 Å². The Bertz CT molecular complexity index is 750. The topological polar surface area (TPSA) is 58.6 Å². The standard InChI is InChI=1S/C23H32F2N2O3/c1-23(2,3)30-22(29)27-14-19(16-11-17(24)13-18(25)12-16)26-21(28)20(27)10-15-8-6-4-5-7-9-15/h11-13,15,19-20H,4-10,14H2,1-3H3,(H,26,28). The second-order valence-electron chi connectivity index (χ2n) is 9.51. The van der Waals surface area contributed by atoms with Gasteiger partial charge in [0.1, 0.15) is 23.3 Å². The molecule has 1 aliphatic heterocycles. The fourth-order valence-corrected chi connectivity index (χ4v) is 4.42. The van der Waals surface area contributed by atoms with Crippen molar-refractivity contribution in [1.82, 2.24) is 10.2 Å². The van der Waals surface area contributed by atoms with Crippen LogP contribution in [0.1, 0.15) is 77.3 Å². The van der Waals surface area contributed by atoms with Gasteiger partial charge in [0, 0.05) is 12.6 Å². The van der Waals surface area contributed by atoms with E-state index in [2.05, 4.69) is 5.32 Å². The minimum atomic E-state index is -0.719. The van der Waals surface area contributed by atoms with E-state index in [1.807, 2.05) is 0 Å². The summed E-state index contributed by atoms with van der Waals surface area (Å²) in [6, 6.07) is 1.83. The first-order valence-corrected chi connectivity index (χ1v) is 10.9. The molecule has 0 radical (unpaired) electrons. The molecule has 1 aromatic carbocycles. The quantitative estimate of drug-likeness (QED) is 0.690. The second kappa shape index (κ2) is 9.31. The summed E-state index contributed by atoms with van der Waals surface area (Å²) in [6.07, 6.45) is 6.78. The monoisotopic (exact) mass is 422 g/mol. The number of benzene rings is 1. The molecule has 1 saturated carbocycles. The van der Waals surface area contributed by atoms with Crippen LogP contribution in [-0.2, 0) is 9.53 Å². The van der Waals surface area contributed by atoms with Gasteiger partial charge in [0.25, 0.3) is 0 Å². The summed E-state index contributed by atoms with van der Waals surface area (Å²) in [6.45, 7) is 5.43. The minimum absolute atomic E-state index is 0.112. The van der Waals surface area contributed by atoms with E-state index in [9.17, 15) is 18.4 Å². The fraction of sp³-hybridized carbons (Fsp3) is 0.652.